The molecule has 1 saturated heterocycles. The number of nitrogens with one attached hydrogen (secondary N) is 1. The molecular weight excluding hydrogens is 248 g/mol. The molecule has 1 aromatic heterocycles. The minimum Gasteiger partial charge on any atom is -0.481 e. The molecule has 0 aliphatic carbocycles. The summed E-state index contributed by atoms with van der Waals surface area (Å²) in [5, 5.41) is 3.61. The van der Waals surface area contributed by atoms with Crippen LogP contribution in [0.15, 0.2) is 48.5 Å². The lowest BCUT2D eigenvalue weighted by molar-refractivity contribution is 0.393. The van der Waals surface area contributed by atoms with E-state index in [9.17, 15) is 0 Å². The molecule has 2 unspecified atom stereocenters. The van der Waals surface area contributed by atoms with Crippen LogP contribution in [0.5, 0.6) is 5.88 Å². The standard InChI is InChI=1S/C17H20N2O/c1-20-17-9-5-8-15(19-17)14-10-11-18-16(14)12-13-6-3-2-4-7-13/h2-9,14,16,18H,10-12H2,1H3. The molecule has 2 atom stereocenters. The molecule has 20 heavy (non-hydrogen) atoms. The molecule has 1 fully saturated rings. The van der Waals surface area contributed by atoms with Crippen molar-refractivity contribution in [3.05, 3.63) is 59.8 Å². The molecule has 0 saturated carbocycles. The summed E-state index contributed by atoms with van der Waals surface area (Å²) in [5.41, 5.74) is 2.51. The first-order valence-electron chi connectivity index (χ1n) is 7.15. The van der Waals surface area contributed by atoms with Crippen molar-refractivity contribution in [1.29, 1.82) is 0 Å². The quantitative estimate of drug-likeness (QED) is 0.926. The van der Waals surface area contributed by atoms with Crippen molar-refractivity contribution in [2.24, 2.45) is 0 Å². The number of aromatic nitrogens is 1. The van der Waals surface area contributed by atoms with Gasteiger partial charge in [0.1, 0.15) is 0 Å². The van der Waals surface area contributed by atoms with Gasteiger partial charge in [-0.25, -0.2) is 4.98 Å². The van der Waals surface area contributed by atoms with E-state index in [4.69, 9.17) is 4.74 Å². The maximum absolute atomic E-state index is 5.24. The predicted molar refractivity (Wildman–Crippen MR) is 80.1 cm³/mol. The normalized spacial score (nSPS) is 21.9. The van der Waals surface area contributed by atoms with Gasteiger partial charge < -0.3 is 10.1 Å². The molecule has 0 spiro atoms. The molecule has 3 heteroatoms. The van der Waals surface area contributed by atoms with Crippen LogP contribution in [0.4, 0.5) is 0 Å². The van der Waals surface area contributed by atoms with Crippen LogP contribution in [0.25, 0.3) is 0 Å². The molecule has 0 radical (unpaired) electrons. The highest BCUT2D eigenvalue weighted by Gasteiger charge is 2.29. The van der Waals surface area contributed by atoms with Gasteiger partial charge in [0.25, 0.3) is 0 Å². The molecule has 1 aliphatic rings. The Morgan fingerprint density at radius 3 is 2.80 bits per heavy atom. The maximum atomic E-state index is 5.24. The lowest BCUT2D eigenvalue weighted by atomic mass is 9.91. The molecule has 1 N–H and O–H groups in total. The first-order valence-corrected chi connectivity index (χ1v) is 7.15. The minimum absolute atomic E-state index is 0.456. The number of hydrogen-bond donors (Lipinski definition) is 1. The highest BCUT2D eigenvalue weighted by atomic mass is 16.5. The number of rotatable bonds is 4. The molecule has 104 valence electrons. The van der Waals surface area contributed by atoms with Crippen molar-refractivity contribution in [1.82, 2.24) is 10.3 Å². The summed E-state index contributed by atoms with van der Waals surface area (Å²) < 4.78 is 5.24. The fourth-order valence-corrected chi connectivity index (χ4v) is 2.96. The lowest BCUT2D eigenvalue weighted by Crippen LogP contribution is -2.28. The lowest BCUT2D eigenvalue weighted by Gasteiger charge is -2.19. The number of nitrogens with zero attached hydrogens (tertiary/aromatic N) is 1. The zero-order valence-electron chi connectivity index (χ0n) is 11.8. The van der Waals surface area contributed by atoms with Gasteiger partial charge in [0, 0.05) is 23.7 Å². The Balaban J connectivity index is 1.78. The van der Waals surface area contributed by atoms with E-state index < -0.39 is 0 Å². The Morgan fingerprint density at radius 2 is 2.00 bits per heavy atom. The van der Waals surface area contributed by atoms with Gasteiger partial charge in [-0.1, -0.05) is 36.4 Å². The van der Waals surface area contributed by atoms with E-state index in [1.54, 1.807) is 7.11 Å². The second-order valence-corrected chi connectivity index (χ2v) is 5.25. The third kappa shape index (κ3) is 2.83. The third-order valence-electron chi connectivity index (χ3n) is 3.98. The largest absolute Gasteiger partial charge is 0.481 e. The molecule has 0 bridgehead atoms. The van der Waals surface area contributed by atoms with E-state index in [2.05, 4.69) is 46.7 Å². The van der Waals surface area contributed by atoms with Crippen LogP contribution in [0, 0.1) is 0 Å². The van der Waals surface area contributed by atoms with E-state index in [0.29, 0.717) is 17.8 Å². The monoisotopic (exact) mass is 268 g/mol. The molecule has 1 aromatic carbocycles. The Bertz CT molecular complexity index is 556. The van der Waals surface area contributed by atoms with Gasteiger partial charge in [-0.3, -0.25) is 0 Å². The number of ether oxygens (including phenoxy) is 1. The van der Waals surface area contributed by atoms with Gasteiger partial charge in [0.2, 0.25) is 5.88 Å². The predicted octanol–water partition coefficient (Wildman–Crippen LogP) is 2.78. The van der Waals surface area contributed by atoms with Crippen LogP contribution in [-0.2, 0) is 6.42 Å². The highest BCUT2D eigenvalue weighted by molar-refractivity contribution is 5.23. The maximum Gasteiger partial charge on any atom is 0.213 e. The Hall–Kier alpha value is -1.87. The van der Waals surface area contributed by atoms with E-state index in [0.717, 1.165) is 25.1 Å². The zero-order chi connectivity index (χ0) is 13.8. The number of benzene rings is 1. The van der Waals surface area contributed by atoms with Crippen LogP contribution < -0.4 is 10.1 Å². The van der Waals surface area contributed by atoms with Crippen LogP contribution in [-0.4, -0.2) is 24.7 Å². The van der Waals surface area contributed by atoms with E-state index in [1.165, 1.54) is 5.56 Å². The second-order valence-electron chi connectivity index (χ2n) is 5.25. The molecule has 0 amide bonds. The summed E-state index contributed by atoms with van der Waals surface area (Å²) in [4.78, 5) is 4.60. The van der Waals surface area contributed by atoms with Crippen molar-refractivity contribution in [2.45, 2.75) is 24.8 Å². The molecule has 3 nitrogen and oxygen atoms in total. The van der Waals surface area contributed by atoms with Crippen molar-refractivity contribution >= 4 is 0 Å². The van der Waals surface area contributed by atoms with Gasteiger partial charge in [0.05, 0.1) is 7.11 Å². The van der Waals surface area contributed by atoms with Crippen molar-refractivity contribution in [3.8, 4) is 5.88 Å². The zero-order valence-corrected chi connectivity index (χ0v) is 11.8. The van der Waals surface area contributed by atoms with E-state index in [-0.39, 0.29) is 0 Å². The van der Waals surface area contributed by atoms with Crippen LogP contribution in [0.2, 0.25) is 0 Å². The average Bonchev–Trinajstić information content (AvgIpc) is 2.96. The first kappa shape index (κ1) is 13.1. The smallest absolute Gasteiger partial charge is 0.213 e. The molecule has 1 aliphatic heterocycles. The molecule has 3 rings (SSSR count). The fourth-order valence-electron chi connectivity index (χ4n) is 2.96. The minimum atomic E-state index is 0.456. The summed E-state index contributed by atoms with van der Waals surface area (Å²) in [6.45, 7) is 1.06. The summed E-state index contributed by atoms with van der Waals surface area (Å²) >= 11 is 0. The van der Waals surface area contributed by atoms with Gasteiger partial charge in [0.15, 0.2) is 0 Å². The molecule has 2 aromatic rings. The van der Waals surface area contributed by atoms with Gasteiger partial charge in [-0.05, 0) is 31.0 Å². The summed E-state index contributed by atoms with van der Waals surface area (Å²) in [7, 11) is 1.67. The topological polar surface area (TPSA) is 34.1 Å². The summed E-state index contributed by atoms with van der Waals surface area (Å²) in [6.07, 6.45) is 2.18. The second kappa shape index (κ2) is 6.06. The van der Waals surface area contributed by atoms with Crippen molar-refractivity contribution in [3.63, 3.8) is 0 Å². The van der Waals surface area contributed by atoms with Crippen molar-refractivity contribution in [2.75, 3.05) is 13.7 Å². The number of methoxy groups -OCH3 is 1. The van der Waals surface area contributed by atoms with Crippen LogP contribution in [0.1, 0.15) is 23.6 Å². The molecular formula is C17H20N2O. The molecule has 2 heterocycles. The number of pyridine rings is 1. The fraction of sp³-hybridized carbons (Fsp3) is 0.353. The van der Waals surface area contributed by atoms with Crippen molar-refractivity contribution < 1.29 is 4.74 Å². The summed E-state index contributed by atoms with van der Waals surface area (Å²) in [6, 6.07) is 17.1. The Kier molecular flexibility index (Phi) is 3.97. The van der Waals surface area contributed by atoms with Gasteiger partial charge in [-0.15, -0.1) is 0 Å². The number of hydrogen-bond acceptors (Lipinski definition) is 3. The first-order chi connectivity index (χ1) is 9.86. The Morgan fingerprint density at radius 1 is 1.15 bits per heavy atom. The van der Waals surface area contributed by atoms with Gasteiger partial charge >= 0.3 is 0 Å². The van der Waals surface area contributed by atoms with E-state index >= 15 is 0 Å². The Labute approximate surface area is 120 Å². The SMILES string of the molecule is COc1cccc(C2CCNC2Cc2ccccc2)n1. The highest BCUT2D eigenvalue weighted by Crippen LogP contribution is 2.29. The van der Waals surface area contributed by atoms with Crippen LogP contribution in [0.3, 0.4) is 0 Å². The summed E-state index contributed by atoms with van der Waals surface area (Å²) in [5.74, 6) is 1.16. The third-order valence-corrected chi connectivity index (χ3v) is 3.98. The van der Waals surface area contributed by atoms with Gasteiger partial charge in [-0.2, -0.15) is 0 Å². The van der Waals surface area contributed by atoms with Crippen LogP contribution >= 0.6 is 0 Å². The van der Waals surface area contributed by atoms with E-state index in [1.807, 2.05) is 12.1 Å². The average molecular weight is 268 g/mol.